The summed E-state index contributed by atoms with van der Waals surface area (Å²) in [6.45, 7) is 9.98. The van der Waals surface area contributed by atoms with Crippen LogP contribution >= 0.6 is 0 Å². The quantitative estimate of drug-likeness (QED) is 0.448. The number of sulfone groups is 1. The Balaban J connectivity index is 2.38. The van der Waals surface area contributed by atoms with E-state index in [9.17, 15) is 8.42 Å². The van der Waals surface area contributed by atoms with Gasteiger partial charge in [-0.15, -0.1) is 0 Å². The van der Waals surface area contributed by atoms with Gasteiger partial charge in [-0.2, -0.15) is 0 Å². The largest absolute Gasteiger partial charge is 0.497 e. The second-order valence-electron chi connectivity index (χ2n) is 7.50. The van der Waals surface area contributed by atoms with Crippen LogP contribution in [0.25, 0.3) is 0 Å². The number of allylic oxidation sites excluding steroid dienone is 1. The zero-order valence-corrected chi connectivity index (χ0v) is 18.4. The van der Waals surface area contributed by atoms with Gasteiger partial charge in [0.15, 0.2) is 9.84 Å². The molecule has 1 aromatic heterocycles. The smallest absolute Gasteiger partial charge is 0.190 e. The van der Waals surface area contributed by atoms with Crippen LogP contribution in [0.3, 0.4) is 0 Å². The molecule has 0 amide bonds. The summed E-state index contributed by atoms with van der Waals surface area (Å²) in [5.74, 6) is 1.78. The minimum atomic E-state index is -3.60. The van der Waals surface area contributed by atoms with Gasteiger partial charge in [-0.3, -0.25) is 0 Å². The normalized spacial score (nSPS) is 14.5. The summed E-state index contributed by atoms with van der Waals surface area (Å²) in [4.78, 5) is 0.316. The lowest BCUT2D eigenvalue weighted by Crippen LogP contribution is -2.36. The van der Waals surface area contributed by atoms with Crippen molar-refractivity contribution in [2.24, 2.45) is 0 Å². The van der Waals surface area contributed by atoms with Gasteiger partial charge < -0.3 is 9.15 Å². The fraction of sp³-hybridized carbons (Fsp3) is 0.478. The van der Waals surface area contributed by atoms with E-state index in [0.29, 0.717) is 17.3 Å². The molecular formula is C23H32O4S. The maximum absolute atomic E-state index is 13.4. The van der Waals surface area contributed by atoms with E-state index in [0.717, 1.165) is 30.6 Å². The second-order valence-corrected chi connectivity index (χ2v) is 10.0. The van der Waals surface area contributed by atoms with Crippen LogP contribution in [-0.4, -0.2) is 19.8 Å². The summed E-state index contributed by atoms with van der Waals surface area (Å²) in [7, 11) is -3.60. The first kappa shape index (κ1) is 22.3. The maximum Gasteiger partial charge on any atom is 0.190 e. The van der Waals surface area contributed by atoms with Crippen molar-refractivity contribution in [2.75, 3.05) is 6.61 Å². The van der Waals surface area contributed by atoms with E-state index in [4.69, 9.17) is 9.15 Å². The molecule has 0 saturated carbocycles. The molecule has 0 bridgehead atoms. The highest BCUT2D eigenvalue weighted by Crippen LogP contribution is 2.37. The predicted molar refractivity (Wildman–Crippen MR) is 113 cm³/mol. The average molecular weight is 405 g/mol. The average Bonchev–Trinajstić information content (AvgIpc) is 3.22. The number of hydrogen-bond acceptors (Lipinski definition) is 4. The van der Waals surface area contributed by atoms with E-state index in [2.05, 4.69) is 13.8 Å². The van der Waals surface area contributed by atoms with Gasteiger partial charge in [0, 0.05) is 5.92 Å². The summed E-state index contributed by atoms with van der Waals surface area (Å²) in [5, 5.41) is 0. The number of ether oxygens (including phenoxy) is 1. The van der Waals surface area contributed by atoms with Gasteiger partial charge in [-0.05, 0) is 69.9 Å². The van der Waals surface area contributed by atoms with Crippen LogP contribution in [0.1, 0.15) is 65.6 Å². The molecule has 4 nitrogen and oxygen atoms in total. The third-order valence-corrected chi connectivity index (χ3v) is 7.64. The number of rotatable bonds is 10. The Kier molecular flexibility index (Phi) is 7.53. The summed E-state index contributed by atoms with van der Waals surface area (Å²) in [6, 6.07) is 12.5. The van der Waals surface area contributed by atoms with Gasteiger partial charge in [0.05, 0.1) is 17.8 Å². The van der Waals surface area contributed by atoms with Crippen molar-refractivity contribution in [1.82, 2.24) is 0 Å². The molecule has 1 atom stereocenters. The lowest BCUT2D eigenvalue weighted by atomic mass is 9.94. The van der Waals surface area contributed by atoms with Gasteiger partial charge >= 0.3 is 0 Å². The monoisotopic (exact) mass is 404 g/mol. The summed E-state index contributed by atoms with van der Waals surface area (Å²) in [6.07, 6.45) is 4.06. The fourth-order valence-corrected chi connectivity index (χ4v) is 4.97. The molecule has 0 spiro atoms. The Morgan fingerprint density at radius 2 is 1.79 bits per heavy atom. The highest BCUT2D eigenvalue weighted by Gasteiger charge is 2.42. The third kappa shape index (κ3) is 4.69. The fourth-order valence-electron chi connectivity index (χ4n) is 3.42. The van der Waals surface area contributed by atoms with Crippen molar-refractivity contribution < 1.29 is 17.6 Å². The van der Waals surface area contributed by atoms with E-state index < -0.39 is 14.6 Å². The zero-order chi connectivity index (χ0) is 20.8. The molecule has 154 valence electrons. The molecule has 0 saturated heterocycles. The van der Waals surface area contributed by atoms with Gasteiger partial charge in [-0.1, -0.05) is 32.0 Å². The third-order valence-electron chi connectivity index (χ3n) is 5.22. The first-order valence-electron chi connectivity index (χ1n) is 9.94. The van der Waals surface area contributed by atoms with Gasteiger partial charge in [0.1, 0.15) is 16.3 Å². The zero-order valence-electron chi connectivity index (χ0n) is 17.6. The highest BCUT2D eigenvalue weighted by atomic mass is 32.2. The highest BCUT2D eigenvalue weighted by molar-refractivity contribution is 7.93. The van der Waals surface area contributed by atoms with Crippen molar-refractivity contribution >= 4 is 9.84 Å². The van der Waals surface area contributed by atoms with E-state index in [1.54, 1.807) is 44.4 Å². The van der Waals surface area contributed by atoms with Crippen LogP contribution in [0.5, 0.6) is 0 Å². The lowest BCUT2D eigenvalue weighted by molar-refractivity contribution is 0.198. The van der Waals surface area contributed by atoms with Gasteiger partial charge in [0.25, 0.3) is 0 Å². The Morgan fingerprint density at radius 3 is 2.32 bits per heavy atom. The molecule has 2 rings (SSSR count). The summed E-state index contributed by atoms with van der Waals surface area (Å²) >= 11 is 0. The first-order valence-corrected chi connectivity index (χ1v) is 11.4. The molecule has 0 aliphatic rings. The van der Waals surface area contributed by atoms with Crippen molar-refractivity contribution in [3.63, 3.8) is 0 Å². The van der Waals surface area contributed by atoms with E-state index in [1.807, 2.05) is 25.1 Å². The predicted octanol–water partition coefficient (Wildman–Crippen LogP) is 6.12. The topological polar surface area (TPSA) is 56.5 Å². The molecule has 0 aliphatic heterocycles. The molecule has 2 aromatic rings. The van der Waals surface area contributed by atoms with Crippen LogP contribution < -0.4 is 0 Å². The Labute approximate surface area is 169 Å². The summed E-state index contributed by atoms with van der Waals surface area (Å²) < 4.78 is 37.1. The Bertz CT molecular complexity index is 863. The van der Waals surface area contributed by atoms with Crippen molar-refractivity contribution in [3.05, 3.63) is 65.8 Å². The molecular weight excluding hydrogens is 372 g/mol. The van der Waals surface area contributed by atoms with Crippen LogP contribution in [0.2, 0.25) is 0 Å². The maximum atomic E-state index is 13.4. The summed E-state index contributed by atoms with van der Waals surface area (Å²) in [5.41, 5.74) is 1.05. The van der Waals surface area contributed by atoms with Gasteiger partial charge in [0.2, 0.25) is 0 Å². The van der Waals surface area contributed by atoms with Crippen LogP contribution in [-0.2, 0) is 14.6 Å². The van der Waals surface area contributed by atoms with Crippen LogP contribution in [0.15, 0.2) is 69.4 Å². The van der Waals surface area contributed by atoms with Crippen LogP contribution in [0, 0.1) is 0 Å². The minimum Gasteiger partial charge on any atom is -0.497 e. The SMILES string of the molecule is CCO/C(=C(\CC)CCC(C)c1ccco1)C(C)(C)S(=O)(=O)c1ccccc1. The van der Waals surface area contributed by atoms with E-state index in [-0.39, 0.29) is 5.92 Å². The van der Waals surface area contributed by atoms with Crippen molar-refractivity contribution in [2.45, 2.75) is 69.4 Å². The number of furan rings is 1. The Hall–Kier alpha value is -2.01. The molecule has 0 fully saturated rings. The van der Waals surface area contributed by atoms with E-state index >= 15 is 0 Å². The molecule has 0 N–H and O–H groups in total. The van der Waals surface area contributed by atoms with E-state index in [1.165, 1.54) is 0 Å². The number of benzene rings is 1. The number of hydrogen-bond donors (Lipinski definition) is 0. The molecule has 1 unspecified atom stereocenters. The van der Waals surface area contributed by atoms with Crippen molar-refractivity contribution in [1.29, 1.82) is 0 Å². The van der Waals surface area contributed by atoms with Gasteiger partial charge in [-0.25, -0.2) is 8.42 Å². The standard InChI is InChI=1S/C23H32O4S/c1-6-19(16-15-18(3)21-14-11-17-27-21)22(26-7-2)23(4,5)28(24,25)20-12-9-8-10-13-20/h8-14,17-18H,6-7,15-16H2,1-5H3/b22-19+. The van der Waals surface area contributed by atoms with Crippen molar-refractivity contribution in [3.8, 4) is 0 Å². The molecule has 1 heterocycles. The molecule has 1 aromatic carbocycles. The molecule has 5 heteroatoms. The first-order chi connectivity index (χ1) is 13.3. The lowest BCUT2D eigenvalue weighted by Gasteiger charge is -2.30. The minimum absolute atomic E-state index is 0.258. The Morgan fingerprint density at radius 1 is 1.11 bits per heavy atom. The molecule has 0 radical (unpaired) electrons. The molecule has 28 heavy (non-hydrogen) atoms. The second kappa shape index (κ2) is 9.46. The van der Waals surface area contributed by atoms with Crippen LogP contribution in [0.4, 0.5) is 0 Å². The molecule has 0 aliphatic carbocycles.